The highest BCUT2D eigenvalue weighted by Crippen LogP contribution is 2.38. The monoisotopic (exact) mass is 740 g/mol. The number of hydrogen-bond acceptors (Lipinski definition) is 9. The molecule has 1 N–H and O–H groups in total. The van der Waals surface area contributed by atoms with Crippen LogP contribution in [0.15, 0.2) is 78.0 Å². The first-order valence-corrected chi connectivity index (χ1v) is 18.4. The van der Waals surface area contributed by atoms with Crippen LogP contribution >= 0.6 is 0 Å². The van der Waals surface area contributed by atoms with Gasteiger partial charge in [0, 0.05) is 30.9 Å². The summed E-state index contributed by atoms with van der Waals surface area (Å²) >= 11 is 0. The minimum atomic E-state index is -4.47. The molecule has 5 rings (SSSR count). The summed E-state index contributed by atoms with van der Waals surface area (Å²) in [6.45, 7) is 7.81. The van der Waals surface area contributed by atoms with Crippen LogP contribution in [-0.2, 0) is 19.6 Å². The Kier molecular flexibility index (Phi) is 11.3. The van der Waals surface area contributed by atoms with Gasteiger partial charge >= 0.3 is 12.1 Å². The van der Waals surface area contributed by atoms with E-state index in [0.717, 1.165) is 38.7 Å². The smallest absolute Gasteiger partial charge is 0.397 e. The van der Waals surface area contributed by atoms with E-state index < -0.39 is 33.6 Å². The second-order valence-corrected chi connectivity index (χ2v) is 15.4. The minimum absolute atomic E-state index is 0.00455. The van der Waals surface area contributed by atoms with Crippen molar-refractivity contribution in [2.24, 2.45) is 10.8 Å². The molecular formula is C37H43F3N6O5S. The number of carbonyl (C=O) groups is 1. The van der Waals surface area contributed by atoms with Crippen molar-refractivity contribution in [2.45, 2.75) is 65.1 Å². The zero-order chi connectivity index (χ0) is 37.7. The minimum Gasteiger partial charge on any atom is -0.476 e. The summed E-state index contributed by atoms with van der Waals surface area (Å²) in [5.74, 6) is 0.0224. The normalized spacial score (nSPS) is 15.9. The van der Waals surface area contributed by atoms with E-state index in [1.54, 1.807) is 45.2 Å². The van der Waals surface area contributed by atoms with Crippen LogP contribution in [-0.4, -0.2) is 66.6 Å². The summed E-state index contributed by atoms with van der Waals surface area (Å²) in [5, 5.41) is 4.14. The summed E-state index contributed by atoms with van der Waals surface area (Å²) in [6.07, 6.45) is 3.37. The number of carbonyl (C=O) groups excluding carboxylic acids is 1. The van der Waals surface area contributed by atoms with Crippen LogP contribution in [0.3, 0.4) is 0 Å². The number of hydrogen-bond donors (Lipinski definition) is 1. The number of esters is 1. The van der Waals surface area contributed by atoms with Crippen molar-refractivity contribution in [3.63, 3.8) is 0 Å². The Hall–Kier alpha value is -4.92. The molecule has 1 aromatic carbocycles. The average molecular weight is 741 g/mol. The molecule has 0 fully saturated rings. The fourth-order valence-electron chi connectivity index (χ4n) is 5.44. The maximum atomic E-state index is 13.8. The maximum absolute atomic E-state index is 13.8. The van der Waals surface area contributed by atoms with E-state index >= 15 is 0 Å². The molecule has 0 aliphatic carbocycles. The van der Waals surface area contributed by atoms with Crippen LogP contribution in [0, 0.1) is 10.8 Å². The molecular weight excluding hydrogens is 698 g/mol. The topological polar surface area (TPSA) is 129 Å². The summed E-state index contributed by atoms with van der Waals surface area (Å²) in [7, 11) is -4.26. The number of sulfonamides is 1. The van der Waals surface area contributed by atoms with Crippen LogP contribution in [0.4, 0.5) is 24.8 Å². The SMILES string of the molecule is CCOC(=O)C(C)(C)CN1CCCC/C=C\c2ccccc2-c2nc(ccc2-n2ccc(OCC(C)(C)C(F)(F)F)n2)NS(=O)(=O)c2cccc1n2. The molecule has 52 heavy (non-hydrogen) atoms. The number of allylic oxidation sites excluding steroid dienone is 1. The van der Waals surface area contributed by atoms with Gasteiger partial charge in [-0.05, 0) is 83.7 Å². The molecule has 4 aromatic rings. The molecule has 1 aliphatic rings. The van der Waals surface area contributed by atoms with Crippen molar-refractivity contribution in [1.29, 1.82) is 0 Å². The van der Waals surface area contributed by atoms with Gasteiger partial charge in [-0.15, -0.1) is 5.10 Å². The van der Waals surface area contributed by atoms with Gasteiger partial charge in [0.15, 0.2) is 5.03 Å². The first kappa shape index (κ1) is 38.3. The van der Waals surface area contributed by atoms with Gasteiger partial charge in [0.05, 0.1) is 28.8 Å². The lowest BCUT2D eigenvalue weighted by molar-refractivity contribution is -0.219. The van der Waals surface area contributed by atoms with Gasteiger partial charge in [-0.25, -0.2) is 14.6 Å². The molecule has 4 heterocycles. The van der Waals surface area contributed by atoms with Crippen molar-refractivity contribution in [1.82, 2.24) is 19.7 Å². The molecule has 0 spiro atoms. The molecule has 0 atom stereocenters. The van der Waals surface area contributed by atoms with Crippen LogP contribution in [0.5, 0.6) is 5.88 Å². The number of nitrogens with zero attached hydrogens (tertiary/aromatic N) is 5. The third kappa shape index (κ3) is 8.92. The number of anilines is 2. The zero-order valence-electron chi connectivity index (χ0n) is 29.8. The number of aromatic nitrogens is 4. The van der Waals surface area contributed by atoms with Crippen LogP contribution in [0.2, 0.25) is 0 Å². The first-order valence-electron chi connectivity index (χ1n) is 17.0. The molecule has 278 valence electrons. The quantitative estimate of drug-likeness (QED) is 0.181. The molecule has 0 saturated heterocycles. The number of halogens is 3. The molecule has 1 aliphatic heterocycles. The highest BCUT2D eigenvalue weighted by Gasteiger charge is 2.48. The van der Waals surface area contributed by atoms with Gasteiger partial charge in [-0.1, -0.05) is 42.5 Å². The van der Waals surface area contributed by atoms with Crippen molar-refractivity contribution < 1.29 is 35.9 Å². The van der Waals surface area contributed by atoms with E-state index in [4.69, 9.17) is 14.5 Å². The number of pyridine rings is 2. The summed E-state index contributed by atoms with van der Waals surface area (Å²) < 4.78 is 82.7. The third-order valence-corrected chi connectivity index (χ3v) is 9.81. The molecule has 0 amide bonds. The van der Waals surface area contributed by atoms with E-state index in [1.807, 2.05) is 35.2 Å². The lowest BCUT2D eigenvalue weighted by atomic mass is 9.92. The van der Waals surface area contributed by atoms with Gasteiger partial charge in [0.1, 0.15) is 18.2 Å². The number of alkyl halides is 3. The molecule has 3 aromatic heterocycles. The molecule has 4 bridgehead atoms. The van der Waals surface area contributed by atoms with Crippen molar-refractivity contribution >= 4 is 33.7 Å². The average Bonchev–Trinajstić information content (AvgIpc) is 3.56. The van der Waals surface area contributed by atoms with Gasteiger partial charge in [-0.3, -0.25) is 9.52 Å². The largest absolute Gasteiger partial charge is 0.476 e. The highest BCUT2D eigenvalue weighted by molar-refractivity contribution is 7.92. The lowest BCUT2D eigenvalue weighted by Crippen LogP contribution is -2.41. The van der Waals surface area contributed by atoms with E-state index in [2.05, 4.69) is 20.9 Å². The third-order valence-electron chi connectivity index (χ3n) is 8.56. The molecule has 0 unspecified atom stereocenters. The van der Waals surface area contributed by atoms with Crippen molar-refractivity contribution in [3.05, 3.63) is 78.5 Å². The van der Waals surface area contributed by atoms with Crippen LogP contribution in [0.1, 0.15) is 59.4 Å². The molecule has 0 saturated carbocycles. The Morgan fingerprint density at radius 2 is 1.73 bits per heavy atom. The number of rotatable bonds is 8. The predicted octanol–water partition coefficient (Wildman–Crippen LogP) is 7.69. The van der Waals surface area contributed by atoms with Gasteiger partial charge in [-0.2, -0.15) is 21.6 Å². The van der Waals surface area contributed by atoms with Gasteiger partial charge < -0.3 is 14.4 Å². The lowest BCUT2D eigenvalue weighted by Gasteiger charge is -2.32. The zero-order valence-corrected chi connectivity index (χ0v) is 30.6. The fraction of sp³-hybridized carbons (Fsp3) is 0.405. The number of benzene rings is 1. The van der Waals surface area contributed by atoms with Gasteiger partial charge in [0.2, 0.25) is 5.88 Å². The molecule has 11 nitrogen and oxygen atoms in total. The fourth-order valence-corrected chi connectivity index (χ4v) is 6.41. The summed E-state index contributed by atoms with van der Waals surface area (Å²) in [5.41, 5.74) is -0.712. The van der Waals surface area contributed by atoms with Crippen LogP contribution in [0.25, 0.3) is 23.0 Å². The Labute approximate surface area is 301 Å². The summed E-state index contributed by atoms with van der Waals surface area (Å²) in [6, 6.07) is 16.7. The second-order valence-electron chi connectivity index (χ2n) is 13.8. The number of ether oxygens (including phenoxy) is 2. The Balaban J connectivity index is 1.55. The second kappa shape index (κ2) is 15.4. The first-order chi connectivity index (χ1) is 24.5. The maximum Gasteiger partial charge on any atom is 0.397 e. The van der Waals surface area contributed by atoms with E-state index in [9.17, 15) is 26.4 Å². The summed E-state index contributed by atoms with van der Waals surface area (Å²) in [4.78, 5) is 24.0. The van der Waals surface area contributed by atoms with E-state index in [1.165, 1.54) is 22.9 Å². The van der Waals surface area contributed by atoms with Crippen molar-refractivity contribution in [2.75, 3.05) is 35.9 Å². The molecule has 15 heteroatoms. The van der Waals surface area contributed by atoms with Crippen LogP contribution < -0.4 is 14.4 Å². The Bertz CT molecular complexity index is 2030. The number of nitrogens with one attached hydrogen (secondary N) is 1. The molecule has 0 radical (unpaired) electrons. The Morgan fingerprint density at radius 3 is 2.48 bits per heavy atom. The van der Waals surface area contributed by atoms with E-state index in [-0.39, 0.29) is 35.8 Å². The van der Waals surface area contributed by atoms with E-state index in [0.29, 0.717) is 29.3 Å². The predicted molar refractivity (Wildman–Crippen MR) is 193 cm³/mol. The highest BCUT2D eigenvalue weighted by atomic mass is 32.2. The van der Waals surface area contributed by atoms with Crippen molar-refractivity contribution in [3.8, 4) is 22.8 Å². The Morgan fingerprint density at radius 1 is 0.962 bits per heavy atom. The number of fused-ring (bicyclic) bond motifs is 6. The van der Waals surface area contributed by atoms with Gasteiger partial charge in [0.25, 0.3) is 10.0 Å². The standard InChI is InChI=1S/C37H43F3N6O5S/c1-6-50-34(47)35(2,3)24-45-22-12-8-7-9-14-26-15-10-11-16-27(26)33-28(46-23-21-31(43-46)51-25-36(4,5)37(38,39)40)19-20-29(41-33)44-52(48,49)32-18-13-17-30(45)42-32/h9-11,13-21,23H,6-8,12,22,24-25H2,1-5H3,(H,41,44)/b14-9-.